The lowest BCUT2D eigenvalue weighted by molar-refractivity contribution is 0.306. The molecular weight excluding hydrogens is 261 g/mol. The Kier molecular flexibility index (Phi) is 5.05. The molecule has 0 atom stereocenters. The number of benzene rings is 1. The van der Waals surface area contributed by atoms with Crippen LogP contribution in [0.4, 0.5) is 4.39 Å². The van der Waals surface area contributed by atoms with Crippen molar-refractivity contribution in [1.82, 2.24) is 5.32 Å². The Hall–Kier alpha value is -0.610. The molecular formula is C11H15BrFNO. The molecule has 0 unspecified atom stereocenters. The molecule has 0 aliphatic heterocycles. The molecule has 15 heavy (non-hydrogen) atoms. The first-order valence-electron chi connectivity index (χ1n) is 4.91. The Bertz CT molecular complexity index is 317. The molecule has 1 N–H and O–H groups in total. The summed E-state index contributed by atoms with van der Waals surface area (Å²) in [5.74, 6) is 0.400. The second-order valence-corrected chi connectivity index (χ2v) is 4.39. The highest BCUT2D eigenvalue weighted by atomic mass is 79.9. The van der Waals surface area contributed by atoms with E-state index in [2.05, 4.69) is 35.1 Å². The van der Waals surface area contributed by atoms with Crippen LogP contribution in [0.1, 0.15) is 13.8 Å². The van der Waals surface area contributed by atoms with Gasteiger partial charge in [-0.3, -0.25) is 0 Å². The fourth-order valence-electron chi connectivity index (χ4n) is 1.10. The van der Waals surface area contributed by atoms with Crippen molar-refractivity contribution >= 4 is 15.9 Å². The van der Waals surface area contributed by atoms with Crippen LogP contribution in [-0.2, 0) is 0 Å². The Balaban J connectivity index is 2.37. The van der Waals surface area contributed by atoms with Crippen LogP contribution >= 0.6 is 15.9 Å². The Morgan fingerprint density at radius 2 is 2.20 bits per heavy atom. The van der Waals surface area contributed by atoms with E-state index in [-0.39, 0.29) is 5.82 Å². The van der Waals surface area contributed by atoms with E-state index in [1.807, 2.05) is 0 Å². The summed E-state index contributed by atoms with van der Waals surface area (Å²) in [5, 5.41) is 3.23. The molecule has 1 rings (SSSR count). The van der Waals surface area contributed by atoms with Crippen LogP contribution in [0.5, 0.6) is 5.75 Å². The lowest BCUT2D eigenvalue weighted by Crippen LogP contribution is -2.27. The third kappa shape index (κ3) is 4.62. The van der Waals surface area contributed by atoms with Gasteiger partial charge in [-0.2, -0.15) is 0 Å². The van der Waals surface area contributed by atoms with Crippen molar-refractivity contribution in [3.8, 4) is 5.75 Å². The van der Waals surface area contributed by atoms with Crippen molar-refractivity contribution in [2.45, 2.75) is 19.9 Å². The molecule has 84 valence electrons. The molecule has 4 heteroatoms. The summed E-state index contributed by atoms with van der Waals surface area (Å²) in [7, 11) is 0. The zero-order valence-corrected chi connectivity index (χ0v) is 10.5. The summed E-state index contributed by atoms with van der Waals surface area (Å²) >= 11 is 3.24. The van der Waals surface area contributed by atoms with Crippen molar-refractivity contribution in [1.29, 1.82) is 0 Å². The number of hydrogen-bond donors (Lipinski definition) is 1. The van der Waals surface area contributed by atoms with E-state index in [4.69, 9.17) is 4.74 Å². The minimum Gasteiger partial charge on any atom is -0.491 e. The maximum Gasteiger partial charge on any atom is 0.133 e. The van der Waals surface area contributed by atoms with Gasteiger partial charge in [0.15, 0.2) is 0 Å². The van der Waals surface area contributed by atoms with E-state index in [9.17, 15) is 4.39 Å². The van der Waals surface area contributed by atoms with E-state index in [0.717, 1.165) is 6.54 Å². The molecule has 1 aromatic rings. The second-order valence-electron chi connectivity index (χ2n) is 3.53. The first kappa shape index (κ1) is 12.5. The second kappa shape index (κ2) is 6.08. The number of nitrogens with one attached hydrogen (secondary N) is 1. The van der Waals surface area contributed by atoms with E-state index in [1.54, 1.807) is 6.07 Å². The smallest absolute Gasteiger partial charge is 0.133 e. The Morgan fingerprint density at radius 1 is 1.47 bits per heavy atom. The van der Waals surface area contributed by atoms with Gasteiger partial charge in [-0.05, 0) is 34.1 Å². The maximum atomic E-state index is 12.7. The average molecular weight is 276 g/mol. The lowest BCUT2D eigenvalue weighted by atomic mass is 10.3. The minimum atomic E-state index is -0.269. The van der Waals surface area contributed by atoms with E-state index < -0.39 is 0 Å². The molecule has 0 aromatic heterocycles. The van der Waals surface area contributed by atoms with Crippen molar-refractivity contribution in [3.05, 3.63) is 28.5 Å². The summed E-state index contributed by atoms with van der Waals surface area (Å²) in [6.45, 7) is 5.51. The molecule has 0 aliphatic carbocycles. The van der Waals surface area contributed by atoms with Crippen LogP contribution in [0.2, 0.25) is 0 Å². The number of hydrogen-bond acceptors (Lipinski definition) is 2. The van der Waals surface area contributed by atoms with E-state index >= 15 is 0 Å². The summed E-state index contributed by atoms with van der Waals surface area (Å²) in [6, 6.07) is 4.85. The zero-order valence-electron chi connectivity index (χ0n) is 8.89. The number of ether oxygens (including phenoxy) is 1. The van der Waals surface area contributed by atoms with E-state index in [1.165, 1.54) is 12.1 Å². The molecule has 0 fully saturated rings. The fraction of sp³-hybridized carbons (Fsp3) is 0.455. The minimum absolute atomic E-state index is 0.269. The van der Waals surface area contributed by atoms with Gasteiger partial charge in [-0.25, -0.2) is 4.39 Å². The topological polar surface area (TPSA) is 21.3 Å². The Morgan fingerprint density at radius 3 is 2.80 bits per heavy atom. The zero-order chi connectivity index (χ0) is 11.3. The summed E-state index contributed by atoms with van der Waals surface area (Å²) in [5.41, 5.74) is 0. The van der Waals surface area contributed by atoms with Crippen LogP contribution < -0.4 is 10.1 Å². The van der Waals surface area contributed by atoms with Gasteiger partial charge in [0.05, 0.1) is 4.47 Å². The molecule has 0 spiro atoms. The molecule has 1 aromatic carbocycles. The molecule has 0 radical (unpaired) electrons. The van der Waals surface area contributed by atoms with Gasteiger partial charge in [0.25, 0.3) is 0 Å². The molecule has 0 saturated carbocycles. The summed E-state index contributed by atoms with van der Waals surface area (Å²) in [4.78, 5) is 0. The first-order chi connectivity index (χ1) is 7.09. The van der Waals surface area contributed by atoms with Gasteiger partial charge < -0.3 is 10.1 Å². The van der Waals surface area contributed by atoms with Gasteiger partial charge in [0, 0.05) is 12.6 Å². The largest absolute Gasteiger partial charge is 0.491 e. The third-order valence-corrected chi connectivity index (χ3v) is 2.43. The van der Waals surface area contributed by atoms with Gasteiger partial charge in [-0.15, -0.1) is 0 Å². The first-order valence-corrected chi connectivity index (χ1v) is 5.70. The van der Waals surface area contributed by atoms with E-state index in [0.29, 0.717) is 22.9 Å². The van der Waals surface area contributed by atoms with Crippen molar-refractivity contribution in [2.75, 3.05) is 13.2 Å². The normalized spacial score (nSPS) is 10.7. The SMILES string of the molecule is CC(C)NCCOc1ccc(F)cc1Br. The predicted octanol–water partition coefficient (Wildman–Crippen LogP) is 2.97. The molecule has 0 amide bonds. The monoisotopic (exact) mass is 275 g/mol. The highest BCUT2D eigenvalue weighted by molar-refractivity contribution is 9.10. The standard InChI is InChI=1S/C11H15BrFNO/c1-8(2)14-5-6-15-11-4-3-9(13)7-10(11)12/h3-4,7-8,14H,5-6H2,1-2H3. The lowest BCUT2D eigenvalue weighted by Gasteiger charge is -2.10. The summed E-state index contributed by atoms with van der Waals surface area (Å²) in [6.07, 6.45) is 0. The molecule has 2 nitrogen and oxygen atoms in total. The van der Waals surface area contributed by atoms with Gasteiger partial charge >= 0.3 is 0 Å². The van der Waals surface area contributed by atoms with Crippen molar-refractivity contribution in [3.63, 3.8) is 0 Å². The molecule has 0 saturated heterocycles. The predicted molar refractivity (Wildman–Crippen MR) is 62.7 cm³/mol. The molecule has 0 bridgehead atoms. The highest BCUT2D eigenvalue weighted by Gasteiger charge is 2.02. The number of rotatable bonds is 5. The quantitative estimate of drug-likeness (QED) is 0.835. The highest BCUT2D eigenvalue weighted by Crippen LogP contribution is 2.25. The van der Waals surface area contributed by atoms with Crippen LogP contribution in [0.25, 0.3) is 0 Å². The average Bonchev–Trinajstić information content (AvgIpc) is 2.14. The van der Waals surface area contributed by atoms with Gasteiger partial charge in [0.1, 0.15) is 18.2 Å². The van der Waals surface area contributed by atoms with Crippen molar-refractivity contribution in [2.24, 2.45) is 0 Å². The number of halogens is 2. The third-order valence-electron chi connectivity index (χ3n) is 1.81. The van der Waals surface area contributed by atoms with Crippen LogP contribution in [-0.4, -0.2) is 19.2 Å². The molecule has 0 aliphatic rings. The summed E-state index contributed by atoms with van der Waals surface area (Å²) < 4.78 is 18.9. The van der Waals surface area contributed by atoms with Crippen LogP contribution in [0, 0.1) is 5.82 Å². The van der Waals surface area contributed by atoms with Gasteiger partial charge in [-0.1, -0.05) is 13.8 Å². The van der Waals surface area contributed by atoms with Crippen molar-refractivity contribution < 1.29 is 9.13 Å². The maximum absolute atomic E-state index is 12.7. The van der Waals surface area contributed by atoms with Crippen LogP contribution in [0.3, 0.4) is 0 Å². The van der Waals surface area contributed by atoms with Gasteiger partial charge in [0.2, 0.25) is 0 Å². The fourth-order valence-corrected chi connectivity index (χ4v) is 1.57. The Labute approximate surface area is 98.0 Å². The van der Waals surface area contributed by atoms with Crippen LogP contribution in [0.15, 0.2) is 22.7 Å². The molecule has 0 heterocycles.